The summed E-state index contributed by atoms with van der Waals surface area (Å²) in [6, 6.07) is 6.33. The van der Waals surface area contributed by atoms with Gasteiger partial charge in [-0.1, -0.05) is 6.07 Å². The lowest BCUT2D eigenvalue weighted by Crippen LogP contribution is -2.35. The topological polar surface area (TPSA) is 78.9 Å². The molecule has 6 heteroatoms. The molecule has 1 saturated heterocycles. The van der Waals surface area contributed by atoms with Gasteiger partial charge in [0.2, 0.25) is 0 Å². The molecule has 1 unspecified atom stereocenters. The van der Waals surface area contributed by atoms with Crippen molar-refractivity contribution in [1.82, 2.24) is 5.32 Å². The molecule has 1 aromatic carbocycles. The lowest BCUT2D eigenvalue weighted by atomic mass is 10.1. The number of carboxylic acids is 1. The van der Waals surface area contributed by atoms with Crippen LogP contribution in [-0.2, 0) is 4.79 Å². The quantitative estimate of drug-likeness (QED) is 0.837. The number of carbonyl (C=O) groups excluding carboxylic acids is 1. The molecule has 0 spiro atoms. The summed E-state index contributed by atoms with van der Waals surface area (Å²) in [6.45, 7) is 0.336. The Bertz CT molecular complexity index is 475. The van der Waals surface area contributed by atoms with Crippen LogP contribution in [-0.4, -0.2) is 36.8 Å². The molecule has 1 aliphatic heterocycles. The summed E-state index contributed by atoms with van der Waals surface area (Å²) in [4.78, 5) is 24.0. The molecule has 18 heavy (non-hydrogen) atoms. The Morgan fingerprint density at radius 1 is 1.61 bits per heavy atom. The SMILES string of the molecule is COc1cccc(N2C(=O)NCC2CC(=O)O)c1. The molecule has 1 aromatic rings. The molecular weight excluding hydrogens is 236 g/mol. The lowest BCUT2D eigenvalue weighted by Gasteiger charge is -2.22. The van der Waals surface area contributed by atoms with Crippen LogP contribution in [0.2, 0.25) is 0 Å². The van der Waals surface area contributed by atoms with Crippen molar-refractivity contribution in [3.8, 4) is 5.75 Å². The van der Waals surface area contributed by atoms with Crippen LogP contribution >= 0.6 is 0 Å². The van der Waals surface area contributed by atoms with Crippen LogP contribution < -0.4 is 15.0 Å². The van der Waals surface area contributed by atoms with Gasteiger partial charge in [0.15, 0.2) is 0 Å². The highest BCUT2D eigenvalue weighted by Gasteiger charge is 2.33. The molecule has 0 aliphatic carbocycles. The minimum absolute atomic E-state index is 0.0874. The lowest BCUT2D eigenvalue weighted by molar-refractivity contribution is -0.137. The van der Waals surface area contributed by atoms with E-state index in [-0.39, 0.29) is 18.5 Å². The van der Waals surface area contributed by atoms with Crippen molar-refractivity contribution in [2.75, 3.05) is 18.6 Å². The summed E-state index contributed by atoms with van der Waals surface area (Å²) in [5.74, 6) is -0.300. The van der Waals surface area contributed by atoms with Gasteiger partial charge in [0, 0.05) is 18.3 Å². The fourth-order valence-electron chi connectivity index (χ4n) is 2.00. The number of benzene rings is 1. The number of anilines is 1. The molecule has 1 atom stereocenters. The molecule has 6 nitrogen and oxygen atoms in total. The third-order valence-corrected chi connectivity index (χ3v) is 2.81. The van der Waals surface area contributed by atoms with E-state index in [2.05, 4.69) is 5.32 Å². The third-order valence-electron chi connectivity index (χ3n) is 2.81. The maximum absolute atomic E-state index is 11.7. The van der Waals surface area contributed by atoms with Crippen molar-refractivity contribution >= 4 is 17.7 Å². The fraction of sp³-hybridized carbons (Fsp3) is 0.333. The van der Waals surface area contributed by atoms with Gasteiger partial charge in [-0.15, -0.1) is 0 Å². The average Bonchev–Trinajstić information content (AvgIpc) is 2.70. The number of urea groups is 1. The van der Waals surface area contributed by atoms with Crippen molar-refractivity contribution in [2.24, 2.45) is 0 Å². The Balaban J connectivity index is 2.27. The Labute approximate surface area is 104 Å². The van der Waals surface area contributed by atoms with E-state index in [1.165, 1.54) is 12.0 Å². The first-order valence-corrected chi connectivity index (χ1v) is 5.54. The first-order valence-electron chi connectivity index (χ1n) is 5.54. The highest BCUT2D eigenvalue weighted by molar-refractivity contribution is 5.95. The average molecular weight is 250 g/mol. The molecule has 96 valence electrons. The van der Waals surface area contributed by atoms with Gasteiger partial charge in [-0.3, -0.25) is 9.69 Å². The summed E-state index contributed by atoms with van der Waals surface area (Å²) in [7, 11) is 1.54. The number of nitrogens with one attached hydrogen (secondary N) is 1. The van der Waals surface area contributed by atoms with Crippen LogP contribution in [0.25, 0.3) is 0 Å². The number of rotatable bonds is 4. The zero-order chi connectivity index (χ0) is 13.1. The second-order valence-electron chi connectivity index (χ2n) is 4.01. The summed E-state index contributed by atoms with van der Waals surface area (Å²) in [6.07, 6.45) is -0.0874. The van der Waals surface area contributed by atoms with Crippen LogP contribution in [0.4, 0.5) is 10.5 Å². The first-order chi connectivity index (χ1) is 8.61. The fourth-order valence-corrected chi connectivity index (χ4v) is 2.00. The van der Waals surface area contributed by atoms with E-state index in [1.807, 2.05) is 0 Å². The third kappa shape index (κ3) is 2.37. The number of ether oxygens (including phenoxy) is 1. The molecule has 1 fully saturated rings. The predicted octanol–water partition coefficient (Wildman–Crippen LogP) is 1.07. The zero-order valence-corrected chi connectivity index (χ0v) is 9.92. The number of amides is 2. The molecule has 0 aromatic heterocycles. The molecule has 2 amide bonds. The van der Waals surface area contributed by atoms with Gasteiger partial charge in [-0.25, -0.2) is 4.79 Å². The molecule has 1 aliphatic rings. The molecule has 2 N–H and O–H groups in total. The number of nitrogens with zero attached hydrogens (tertiary/aromatic N) is 1. The van der Waals surface area contributed by atoms with E-state index in [4.69, 9.17) is 9.84 Å². The Kier molecular flexibility index (Phi) is 3.36. The van der Waals surface area contributed by atoms with Crippen molar-refractivity contribution < 1.29 is 19.4 Å². The smallest absolute Gasteiger partial charge is 0.322 e. The van der Waals surface area contributed by atoms with Crippen LogP contribution in [0.5, 0.6) is 5.75 Å². The number of hydrogen-bond donors (Lipinski definition) is 2. The van der Waals surface area contributed by atoms with Crippen molar-refractivity contribution in [2.45, 2.75) is 12.5 Å². The Morgan fingerprint density at radius 2 is 2.39 bits per heavy atom. The summed E-state index contributed by atoms with van der Waals surface area (Å²) < 4.78 is 5.09. The van der Waals surface area contributed by atoms with Crippen LogP contribution in [0.1, 0.15) is 6.42 Å². The second-order valence-corrected chi connectivity index (χ2v) is 4.01. The van der Waals surface area contributed by atoms with E-state index < -0.39 is 5.97 Å². The predicted molar refractivity (Wildman–Crippen MR) is 64.9 cm³/mol. The van der Waals surface area contributed by atoms with E-state index in [1.54, 1.807) is 24.3 Å². The zero-order valence-electron chi connectivity index (χ0n) is 9.92. The first kappa shape index (κ1) is 12.2. The molecule has 0 radical (unpaired) electrons. The maximum Gasteiger partial charge on any atom is 0.322 e. The van der Waals surface area contributed by atoms with Gasteiger partial charge >= 0.3 is 12.0 Å². The molecule has 1 heterocycles. The molecule has 0 saturated carbocycles. The Morgan fingerprint density at radius 3 is 3.06 bits per heavy atom. The summed E-state index contributed by atoms with van der Waals surface area (Å²) in [5.41, 5.74) is 0.635. The minimum atomic E-state index is -0.926. The number of carbonyl (C=O) groups is 2. The van der Waals surface area contributed by atoms with Crippen LogP contribution in [0, 0.1) is 0 Å². The van der Waals surface area contributed by atoms with Crippen molar-refractivity contribution in [3.63, 3.8) is 0 Å². The number of aliphatic carboxylic acids is 1. The highest BCUT2D eigenvalue weighted by Crippen LogP contribution is 2.25. The molecule has 0 bridgehead atoms. The van der Waals surface area contributed by atoms with Gasteiger partial charge < -0.3 is 15.2 Å². The van der Waals surface area contributed by atoms with Gasteiger partial charge in [0.05, 0.1) is 19.6 Å². The summed E-state index contributed by atoms with van der Waals surface area (Å²) >= 11 is 0. The van der Waals surface area contributed by atoms with E-state index >= 15 is 0 Å². The number of carboxylic acid groups (broad SMARTS) is 1. The largest absolute Gasteiger partial charge is 0.497 e. The minimum Gasteiger partial charge on any atom is -0.497 e. The highest BCUT2D eigenvalue weighted by atomic mass is 16.5. The Hall–Kier alpha value is -2.24. The number of methoxy groups -OCH3 is 1. The molecular formula is C12H14N2O4. The van der Waals surface area contributed by atoms with Gasteiger partial charge in [-0.05, 0) is 12.1 Å². The second kappa shape index (κ2) is 4.95. The van der Waals surface area contributed by atoms with Gasteiger partial charge in [-0.2, -0.15) is 0 Å². The summed E-state index contributed by atoms with van der Waals surface area (Å²) in [5, 5.41) is 11.5. The monoisotopic (exact) mass is 250 g/mol. The van der Waals surface area contributed by atoms with Gasteiger partial charge in [0.25, 0.3) is 0 Å². The van der Waals surface area contributed by atoms with Crippen molar-refractivity contribution in [1.29, 1.82) is 0 Å². The molecule has 2 rings (SSSR count). The normalized spacial score (nSPS) is 18.6. The number of hydrogen-bond acceptors (Lipinski definition) is 3. The van der Waals surface area contributed by atoms with Crippen LogP contribution in [0.15, 0.2) is 24.3 Å². The van der Waals surface area contributed by atoms with Crippen molar-refractivity contribution in [3.05, 3.63) is 24.3 Å². The standard InChI is InChI=1S/C12H14N2O4/c1-18-10-4-2-3-8(5-10)14-9(6-11(15)16)7-13-12(14)17/h2-5,9H,6-7H2,1H3,(H,13,17)(H,15,16). The van der Waals surface area contributed by atoms with E-state index in [9.17, 15) is 9.59 Å². The van der Waals surface area contributed by atoms with E-state index in [0.717, 1.165) is 0 Å². The van der Waals surface area contributed by atoms with E-state index in [0.29, 0.717) is 18.0 Å². The van der Waals surface area contributed by atoms with Gasteiger partial charge in [0.1, 0.15) is 5.75 Å². The maximum atomic E-state index is 11.7. The van der Waals surface area contributed by atoms with Crippen LogP contribution in [0.3, 0.4) is 0 Å².